The fourth-order valence-electron chi connectivity index (χ4n) is 1.15. The molecule has 52 valence electrons. The van der Waals surface area contributed by atoms with E-state index in [4.69, 9.17) is 4.74 Å². The standard InChI is InChI=1S/C5H7Br2NO/c6-5(7)3-4(5)9-2-1-8-3/h3-4,8H,1-2H2. The molecule has 9 heavy (non-hydrogen) atoms. The Balaban J connectivity index is 2.06. The van der Waals surface area contributed by atoms with E-state index in [1.165, 1.54) is 0 Å². The molecule has 2 aliphatic rings. The molecule has 1 aliphatic heterocycles. The van der Waals surface area contributed by atoms with Crippen molar-refractivity contribution in [3.8, 4) is 0 Å². The third-order valence-corrected chi connectivity index (χ3v) is 3.64. The number of hydrogen-bond donors (Lipinski definition) is 1. The summed E-state index contributed by atoms with van der Waals surface area (Å²) in [5.41, 5.74) is 0. The minimum Gasteiger partial charge on any atom is -0.373 e. The monoisotopic (exact) mass is 255 g/mol. The van der Waals surface area contributed by atoms with Gasteiger partial charge in [-0.1, -0.05) is 31.9 Å². The molecule has 2 atom stereocenters. The van der Waals surface area contributed by atoms with Crippen molar-refractivity contribution in [2.45, 2.75) is 15.4 Å². The fourth-order valence-corrected chi connectivity index (χ4v) is 2.48. The third kappa shape index (κ3) is 0.878. The van der Waals surface area contributed by atoms with E-state index in [1.807, 2.05) is 0 Å². The Bertz CT molecular complexity index is 125. The van der Waals surface area contributed by atoms with Gasteiger partial charge < -0.3 is 10.1 Å². The Morgan fingerprint density at radius 3 is 2.78 bits per heavy atom. The van der Waals surface area contributed by atoms with Gasteiger partial charge in [0.05, 0.1) is 12.6 Å². The summed E-state index contributed by atoms with van der Waals surface area (Å²) in [7, 11) is 0. The number of alkyl halides is 2. The quantitative estimate of drug-likeness (QED) is 0.649. The summed E-state index contributed by atoms with van der Waals surface area (Å²) in [4.78, 5) is 0. The lowest BCUT2D eigenvalue weighted by Gasteiger charge is -2.08. The van der Waals surface area contributed by atoms with Crippen LogP contribution in [0, 0.1) is 0 Å². The largest absolute Gasteiger partial charge is 0.373 e. The van der Waals surface area contributed by atoms with E-state index in [0.717, 1.165) is 13.2 Å². The van der Waals surface area contributed by atoms with Crippen molar-refractivity contribution in [3.63, 3.8) is 0 Å². The molecule has 1 aliphatic carbocycles. The number of ether oxygens (including phenoxy) is 1. The third-order valence-electron chi connectivity index (χ3n) is 1.75. The number of halogens is 2. The lowest BCUT2D eigenvalue weighted by molar-refractivity contribution is 0.0922. The first-order valence-electron chi connectivity index (χ1n) is 2.96. The van der Waals surface area contributed by atoms with Gasteiger partial charge in [0, 0.05) is 6.54 Å². The van der Waals surface area contributed by atoms with E-state index < -0.39 is 0 Å². The topological polar surface area (TPSA) is 21.3 Å². The summed E-state index contributed by atoms with van der Waals surface area (Å²) in [6.45, 7) is 1.81. The van der Waals surface area contributed by atoms with E-state index in [0.29, 0.717) is 12.1 Å². The van der Waals surface area contributed by atoms with Gasteiger partial charge in [-0.05, 0) is 0 Å². The Morgan fingerprint density at radius 1 is 1.56 bits per heavy atom. The molecule has 0 amide bonds. The fraction of sp³-hybridized carbons (Fsp3) is 1.00. The zero-order valence-electron chi connectivity index (χ0n) is 4.73. The Morgan fingerprint density at radius 2 is 2.33 bits per heavy atom. The van der Waals surface area contributed by atoms with Crippen molar-refractivity contribution >= 4 is 31.9 Å². The van der Waals surface area contributed by atoms with Crippen LogP contribution in [0.4, 0.5) is 0 Å². The van der Waals surface area contributed by atoms with Crippen molar-refractivity contribution in [1.29, 1.82) is 0 Å². The van der Waals surface area contributed by atoms with Gasteiger partial charge in [0.2, 0.25) is 0 Å². The zero-order chi connectivity index (χ0) is 6.48. The smallest absolute Gasteiger partial charge is 0.126 e. The number of fused-ring (bicyclic) bond motifs is 1. The molecule has 1 saturated heterocycles. The lowest BCUT2D eigenvalue weighted by atomic mass is 10.5. The minimum atomic E-state index is 0.0382. The SMILES string of the molecule is BrC1(Br)C2NCCOC21. The van der Waals surface area contributed by atoms with Gasteiger partial charge in [0.1, 0.15) is 9.34 Å². The van der Waals surface area contributed by atoms with Crippen molar-refractivity contribution in [2.75, 3.05) is 13.2 Å². The number of morpholine rings is 1. The minimum absolute atomic E-state index is 0.0382. The first kappa shape index (κ1) is 6.58. The van der Waals surface area contributed by atoms with Gasteiger partial charge in [0.25, 0.3) is 0 Å². The van der Waals surface area contributed by atoms with Gasteiger partial charge in [-0.2, -0.15) is 0 Å². The van der Waals surface area contributed by atoms with Crippen molar-refractivity contribution < 1.29 is 4.74 Å². The number of hydrogen-bond acceptors (Lipinski definition) is 2. The van der Waals surface area contributed by atoms with Crippen LogP contribution in [-0.4, -0.2) is 28.5 Å². The first-order valence-corrected chi connectivity index (χ1v) is 4.54. The van der Waals surface area contributed by atoms with Gasteiger partial charge in [-0.25, -0.2) is 0 Å². The van der Waals surface area contributed by atoms with Crippen LogP contribution in [0.3, 0.4) is 0 Å². The molecule has 2 rings (SSSR count). The van der Waals surface area contributed by atoms with Crippen LogP contribution in [0.15, 0.2) is 0 Å². The van der Waals surface area contributed by atoms with Gasteiger partial charge in [0.15, 0.2) is 0 Å². The van der Waals surface area contributed by atoms with Crippen molar-refractivity contribution in [2.24, 2.45) is 0 Å². The average Bonchev–Trinajstić information content (AvgIpc) is 2.39. The number of rotatable bonds is 0. The van der Waals surface area contributed by atoms with E-state index in [2.05, 4.69) is 37.2 Å². The Labute approximate surface area is 70.6 Å². The van der Waals surface area contributed by atoms with E-state index in [1.54, 1.807) is 0 Å². The molecule has 4 heteroatoms. The van der Waals surface area contributed by atoms with E-state index in [-0.39, 0.29) is 3.23 Å². The maximum atomic E-state index is 5.41. The number of nitrogens with one attached hydrogen (secondary N) is 1. The molecule has 0 spiro atoms. The maximum absolute atomic E-state index is 5.41. The Kier molecular flexibility index (Phi) is 1.42. The molecule has 1 N–H and O–H groups in total. The van der Waals surface area contributed by atoms with E-state index in [9.17, 15) is 0 Å². The molecule has 2 nitrogen and oxygen atoms in total. The maximum Gasteiger partial charge on any atom is 0.126 e. The summed E-state index contributed by atoms with van der Waals surface area (Å²) < 4.78 is 5.45. The molecular weight excluding hydrogens is 250 g/mol. The molecule has 1 saturated carbocycles. The van der Waals surface area contributed by atoms with Gasteiger partial charge in [-0.15, -0.1) is 0 Å². The molecule has 1 heterocycles. The van der Waals surface area contributed by atoms with Crippen LogP contribution in [0.5, 0.6) is 0 Å². The predicted molar refractivity (Wildman–Crippen MR) is 42.1 cm³/mol. The first-order chi connectivity index (χ1) is 4.23. The normalized spacial score (nSPS) is 46.0. The lowest BCUT2D eigenvalue weighted by Crippen LogP contribution is -2.30. The van der Waals surface area contributed by atoms with Crippen LogP contribution in [-0.2, 0) is 4.74 Å². The summed E-state index contributed by atoms with van der Waals surface area (Å²) in [5.74, 6) is 0. The molecule has 0 aromatic rings. The highest BCUT2D eigenvalue weighted by atomic mass is 79.9. The highest BCUT2D eigenvalue weighted by Gasteiger charge is 2.64. The second-order valence-electron chi connectivity index (χ2n) is 2.40. The van der Waals surface area contributed by atoms with Crippen LogP contribution in [0.2, 0.25) is 0 Å². The van der Waals surface area contributed by atoms with Crippen LogP contribution < -0.4 is 5.32 Å². The van der Waals surface area contributed by atoms with Crippen molar-refractivity contribution in [1.82, 2.24) is 5.32 Å². The van der Waals surface area contributed by atoms with Crippen LogP contribution >= 0.6 is 31.9 Å². The predicted octanol–water partition coefficient (Wildman–Crippen LogP) is 0.843. The second kappa shape index (κ2) is 1.94. The molecule has 0 aromatic heterocycles. The molecule has 0 aromatic carbocycles. The average molecular weight is 257 g/mol. The highest BCUT2D eigenvalue weighted by Crippen LogP contribution is 2.53. The van der Waals surface area contributed by atoms with Crippen LogP contribution in [0.25, 0.3) is 0 Å². The van der Waals surface area contributed by atoms with Gasteiger partial charge >= 0.3 is 0 Å². The molecular formula is C5H7Br2NO. The summed E-state index contributed by atoms with van der Waals surface area (Å²) in [5, 5.41) is 3.33. The van der Waals surface area contributed by atoms with Crippen LogP contribution in [0.1, 0.15) is 0 Å². The highest BCUT2D eigenvalue weighted by molar-refractivity contribution is 9.25. The summed E-state index contributed by atoms with van der Waals surface area (Å²) >= 11 is 7.02. The summed E-state index contributed by atoms with van der Waals surface area (Å²) in [6.07, 6.45) is 0.339. The van der Waals surface area contributed by atoms with Gasteiger partial charge in [-0.3, -0.25) is 0 Å². The molecule has 0 radical (unpaired) electrons. The second-order valence-corrected chi connectivity index (χ2v) is 6.09. The van der Waals surface area contributed by atoms with E-state index >= 15 is 0 Å². The molecule has 0 bridgehead atoms. The molecule has 2 fully saturated rings. The molecule has 2 unspecified atom stereocenters. The summed E-state index contributed by atoms with van der Waals surface area (Å²) in [6, 6.07) is 0.478. The zero-order valence-corrected chi connectivity index (χ0v) is 7.91. The Hall–Kier alpha value is 0.880. The van der Waals surface area contributed by atoms with Crippen molar-refractivity contribution in [3.05, 3.63) is 0 Å².